The molecule has 0 aliphatic carbocycles. The Balaban J connectivity index is 1.45. The van der Waals surface area contributed by atoms with E-state index in [1.54, 1.807) is 24.8 Å². The van der Waals surface area contributed by atoms with Crippen molar-refractivity contribution in [3.05, 3.63) is 72.6 Å². The lowest BCUT2D eigenvalue weighted by Gasteiger charge is -2.24. The summed E-state index contributed by atoms with van der Waals surface area (Å²) in [6, 6.07) is 14.0. The summed E-state index contributed by atoms with van der Waals surface area (Å²) in [7, 11) is 0. The van der Waals surface area contributed by atoms with Gasteiger partial charge in [-0.15, -0.1) is 10.2 Å². The molecule has 1 amide bonds. The van der Waals surface area contributed by atoms with Crippen molar-refractivity contribution in [3.63, 3.8) is 0 Å². The molecule has 0 saturated carbocycles. The van der Waals surface area contributed by atoms with E-state index in [1.807, 2.05) is 45.9 Å². The molecular formula is C20H21N5O. The molecule has 1 fully saturated rings. The van der Waals surface area contributed by atoms with Gasteiger partial charge in [-0.3, -0.25) is 14.3 Å². The Hall–Kier alpha value is -3.02. The standard InChI is InChI=1S/C20H21N5O/c26-20(16-6-4-12-21-14-16)24-13-5-9-18(24)10-11-19-23-22-15-25(19)17-7-2-1-3-8-17/h1-4,6-8,12,14-15,18H,5,9-11,13H2. The average molecular weight is 347 g/mol. The smallest absolute Gasteiger partial charge is 0.255 e. The molecule has 0 radical (unpaired) electrons. The fourth-order valence-corrected chi connectivity index (χ4v) is 3.59. The van der Waals surface area contributed by atoms with Crippen LogP contribution >= 0.6 is 0 Å². The largest absolute Gasteiger partial charge is 0.336 e. The highest BCUT2D eigenvalue weighted by Gasteiger charge is 2.29. The Bertz CT molecular complexity index is 862. The second kappa shape index (κ2) is 7.47. The van der Waals surface area contributed by atoms with Gasteiger partial charge in [-0.25, -0.2) is 0 Å². The summed E-state index contributed by atoms with van der Waals surface area (Å²) in [4.78, 5) is 18.8. The molecule has 3 heterocycles. The van der Waals surface area contributed by atoms with E-state index >= 15 is 0 Å². The highest BCUT2D eigenvalue weighted by molar-refractivity contribution is 5.94. The van der Waals surface area contributed by atoms with E-state index in [9.17, 15) is 4.79 Å². The van der Waals surface area contributed by atoms with Gasteiger partial charge in [0.25, 0.3) is 5.91 Å². The van der Waals surface area contributed by atoms with E-state index < -0.39 is 0 Å². The third-order valence-electron chi connectivity index (χ3n) is 4.90. The maximum Gasteiger partial charge on any atom is 0.255 e. The van der Waals surface area contributed by atoms with Crippen LogP contribution in [0.2, 0.25) is 0 Å². The van der Waals surface area contributed by atoms with E-state index in [2.05, 4.69) is 15.2 Å². The molecule has 6 nitrogen and oxygen atoms in total. The first-order valence-electron chi connectivity index (χ1n) is 8.98. The zero-order chi connectivity index (χ0) is 17.8. The number of nitrogens with zero attached hydrogens (tertiary/aromatic N) is 5. The van der Waals surface area contributed by atoms with Crippen LogP contribution in [0.3, 0.4) is 0 Å². The molecule has 3 aromatic rings. The van der Waals surface area contributed by atoms with Crippen LogP contribution in [-0.4, -0.2) is 43.1 Å². The van der Waals surface area contributed by atoms with Gasteiger partial charge in [0, 0.05) is 37.1 Å². The first-order chi connectivity index (χ1) is 12.8. The van der Waals surface area contributed by atoms with Crippen LogP contribution in [0.15, 0.2) is 61.2 Å². The van der Waals surface area contributed by atoms with Crippen LogP contribution in [0, 0.1) is 0 Å². The number of aromatic nitrogens is 4. The molecule has 1 unspecified atom stereocenters. The van der Waals surface area contributed by atoms with Crippen molar-refractivity contribution in [1.82, 2.24) is 24.6 Å². The van der Waals surface area contributed by atoms with E-state index in [1.165, 1.54) is 0 Å². The van der Waals surface area contributed by atoms with Crippen molar-refractivity contribution in [1.29, 1.82) is 0 Å². The van der Waals surface area contributed by atoms with Gasteiger partial charge in [-0.1, -0.05) is 18.2 Å². The average Bonchev–Trinajstić information content (AvgIpc) is 3.36. The maximum atomic E-state index is 12.8. The summed E-state index contributed by atoms with van der Waals surface area (Å²) in [6.45, 7) is 0.809. The summed E-state index contributed by atoms with van der Waals surface area (Å²) in [5.74, 6) is 1.00. The zero-order valence-electron chi connectivity index (χ0n) is 14.5. The van der Waals surface area contributed by atoms with Crippen molar-refractivity contribution < 1.29 is 4.79 Å². The predicted molar refractivity (Wildman–Crippen MR) is 98.0 cm³/mol. The minimum atomic E-state index is 0.0742. The van der Waals surface area contributed by atoms with Crippen molar-refractivity contribution in [2.75, 3.05) is 6.54 Å². The monoisotopic (exact) mass is 347 g/mol. The second-order valence-electron chi connectivity index (χ2n) is 6.53. The summed E-state index contributed by atoms with van der Waals surface area (Å²) < 4.78 is 2.02. The van der Waals surface area contributed by atoms with E-state index in [4.69, 9.17) is 0 Å². The zero-order valence-corrected chi connectivity index (χ0v) is 14.5. The van der Waals surface area contributed by atoms with Gasteiger partial charge < -0.3 is 4.90 Å². The number of carbonyl (C=O) groups is 1. The lowest BCUT2D eigenvalue weighted by molar-refractivity contribution is 0.0729. The van der Waals surface area contributed by atoms with E-state index in [0.29, 0.717) is 5.56 Å². The number of benzene rings is 1. The second-order valence-corrected chi connectivity index (χ2v) is 6.53. The summed E-state index contributed by atoms with van der Waals surface area (Å²) in [6.07, 6.45) is 8.83. The van der Waals surface area contributed by atoms with Gasteiger partial charge >= 0.3 is 0 Å². The van der Waals surface area contributed by atoms with Crippen molar-refractivity contribution in [2.45, 2.75) is 31.7 Å². The molecule has 2 aromatic heterocycles. The minimum absolute atomic E-state index is 0.0742. The van der Waals surface area contributed by atoms with Gasteiger partial charge in [0.2, 0.25) is 0 Å². The number of carbonyl (C=O) groups excluding carboxylic acids is 1. The summed E-state index contributed by atoms with van der Waals surface area (Å²) in [5, 5.41) is 8.35. The van der Waals surface area contributed by atoms with E-state index in [0.717, 1.165) is 43.7 Å². The van der Waals surface area contributed by atoms with Gasteiger partial charge in [-0.05, 0) is 43.5 Å². The van der Waals surface area contributed by atoms with Gasteiger partial charge in [0.15, 0.2) is 0 Å². The Kier molecular flexibility index (Phi) is 4.73. The number of amides is 1. The number of pyridine rings is 1. The molecule has 1 aliphatic heterocycles. The molecule has 1 aromatic carbocycles. The lowest BCUT2D eigenvalue weighted by Crippen LogP contribution is -2.36. The van der Waals surface area contributed by atoms with Crippen LogP contribution in [0.5, 0.6) is 0 Å². The lowest BCUT2D eigenvalue weighted by atomic mass is 10.1. The molecule has 6 heteroatoms. The van der Waals surface area contributed by atoms with Crippen LogP contribution in [0.1, 0.15) is 35.4 Å². The number of aryl methyl sites for hydroxylation is 1. The molecule has 26 heavy (non-hydrogen) atoms. The highest BCUT2D eigenvalue weighted by atomic mass is 16.2. The van der Waals surface area contributed by atoms with Crippen LogP contribution < -0.4 is 0 Å². The van der Waals surface area contributed by atoms with Crippen LogP contribution in [0.25, 0.3) is 5.69 Å². The molecule has 4 rings (SSSR count). The molecule has 0 spiro atoms. The van der Waals surface area contributed by atoms with Crippen LogP contribution in [0.4, 0.5) is 0 Å². The van der Waals surface area contributed by atoms with Gasteiger partial charge in [0.05, 0.1) is 5.56 Å². The molecule has 1 saturated heterocycles. The number of rotatable bonds is 5. The highest BCUT2D eigenvalue weighted by Crippen LogP contribution is 2.24. The van der Waals surface area contributed by atoms with Crippen molar-refractivity contribution >= 4 is 5.91 Å². The van der Waals surface area contributed by atoms with Crippen molar-refractivity contribution in [2.24, 2.45) is 0 Å². The fourth-order valence-electron chi connectivity index (χ4n) is 3.59. The third kappa shape index (κ3) is 3.35. The van der Waals surface area contributed by atoms with E-state index in [-0.39, 0.29) is 11.9 Å². The molecule has 132 valence electrons. The van der Waals surface area contributed by atoms with Crippen LogP contribution in [-0.2, 0) is 6.42 Å². The molecule has 1 atom stereocenters. The first-order valence-corrected chi connectivity index (χ1v) is 8.98. The Morgan fingerprint density at radius 2 is 2.04 bits per heavy atom. The van der Waals surface area contributed by atoms with Crippen molar-refractivity contribution in [3.8, 4) is 5.69 Å². The number of hydrogen-bond donors (Lipinski definition) is 0. The molecule has 1 aliphatic rings. The summed E-state index contributed by atoms with van der Waals surface area (Å²) in [5.41, 5.74) is 1.72. The quantitative estimate of drug-likeness (QED) is 0.712. The number of likely N-dealkylation sites (tertiary alicyclic amines) is 1. The number of hydrogen-bond acceptors (Lipinski definition) is 4. The van der Waals surface area contributed by atoms with Gasteiger partial charge in [0.1, 0.15) is 12.2 Å². The first kappa shape index (κ1) is 16.4. The predicted octanol–water partition coefficient (Wildman–Crippen LogP) is 2.90. The fraction of sp³-hybridized carbons (Fsp3) is 0.300. The Morgan fingerprint density at radius 1 is 1.15 bits per heavy atom. The summed E-state index contributed by atoms with van der Waals surface area (Å²) >= 11 is 0. The molecular weight excluding hydrogens is 326 g/mol. The van der Waals surface area contributed by atoms with Gasteiger partial charge in [-0.2, -0.15) is 0 Å². The minimum Gasteiger partial charge on any atom is -0.336 e. The number of para-hydroxylation sites is 1. The maximum absolute atomic E-state index is 12.8. The topological polar surface area (TPSA) is 63.9 Å². The Morgan fingerprint density at radius 3 is 2.85 bits per heavy atom. The molecule has 0 bridgehead atoms. The normalized spacial score (nSPS) is 16.8. The SMILES string of the molecule is O=C(c1cccnc1)N1CCCC1CCc1nncn1-c1ccccc1. The molecule has 0 N–H and O–H groups in total. The third-order valence-corrected chi connectivity index (χ3v) is 4.90. The Labute approximate surface area is 152 Å².